The van der Waals surface area contributed by atoms with Crippen molar-refractivity contribution < 1.29 is 4.79 Å². The molecule has 0 spiro atoms. The molecule has 1 aliphatic heterocycles. The molecular weight excluding hydrogens is 332 g/mol. The second-order valence-corrected chi connectivity index (χ2v) is 8.03. The van der Waals surface area contributed by atoms with Gasteiger partial charge in [-0.05, 0) is 34.7 Å². The van der Waals surface area contributed by atoms with Gasteiger partial charge in [0.25, 0.3) is 0 Å². The summed E-state index contributed by atoms with van der Waals surface area (Å²) in [6.07, 6.45) is 5.48. The van der Waals surface area contributed by atoms with Crippen LogP contribution in [0.25, 0.3) is 0 Å². The van der Waals surface area contributed by atoms with E-state index in [1.165, 1.54) is 5.69 Å². The molecule has 1 saturated heterocycles. The van der Waals surface area contributed by atoms with Gasteiger partial charge in [-0.15, -0.1) is 0 Å². The summed E-state index contributed by atoms with van der Waals surface area (Å²) in [5.74, 6) is 0.868. The van der Waals surface area contributed by atoms with Crippen LogP contribution in [0.15, 0.2) is 29.4 Å². The van der Waals surface area contributed by atoms with Crippen molar-refractivity contribution in [3.05, 3.63) is 40.6 Å². The van der Waals surface area contributed by atoms with E-state index in [0.717, 1.165) is 51.3 Å². The number of carbonyl (C=O) groups excluding carboxylic acids is 1. The van der Waals surface area contributed by atoms with E-state index < -0.39 is 0 Å². The fraction of sp³-hybridized carbons (Fsp3) is 0.579. The maximum atomic E-state index is 12.5. The van der Waals surface area contributed by atoms with Gasteiger partial charge in [-0.2, -0.15) is 11.3 Å². The number of nitrogens with zero attached hydrogens (tertiary/aromatic N) is 4. The maximum Gasteiger partial charge on any atom is 0.227 e. The van der Waals surface area contributed by atoms with Gasteiger partial charge in [-0.3, -0.25) is 9.69 Å². The lowest BCUT2D eigenvalue weighted by atomic mass is 10.2. The van der Waals surface area contributed by atoms with Crippen LogP contribution in [0.5, 0.6) is 0 Å². The average Bonchev–Trinajstić information content (AvgIpc) is 3.16. The Balaban J connectivity index is 1.53. The van der Waals surface area contributed by atoms with Crippen LogP contribution in [0.3, 0.4) is 0 Å². The summed E-state index contributed by atoms with van der Waals surface area (Å²) in [6, 6.07) is 2.04. The zero-order chi connectivity index (χ0) is 17.6. The number of hydrogen-bond donors (Lipinski definition) is 0. The van der Waals surface area contributed by atoms with Crippen molar-refractivity contribution in [1.82, 2.24) is 19.4 Å². The van der Waals surface area contributed by atoms with Gasteiger partial charge >= 0.3 is 0 Å². The number of carbonyl (C=O) groups is 1. The third kappa shape index (κ3) is 5.16. The quantitative estimate of drug-likeness (QED) is 0.795. The smallest absolute Gasteiger partial charge is 0.227 e. The van der Waals surface area contributed by atoms with Gasteiger partial charge in [-0.25, -0.2) is 4.98 Å². The minimum atomic E-state index is 0.255. The summed E-state index contributed by atoms with van der Waals surface area (Å²) in [5, 5.41) is 4.10. The van der Waals surface area contributed by atoms with Crippen molar-refractivity contribution >= 4 is 17.2 Å². The van der Waals surface area contributed by atoms with E-state index in [1.807, 2.05) is 28.9 Å². The largest absolute Gasteiger partial charge is 0.341 e. The first-order valence-electron chi connectivity index (χ1n) is 9.12. The highest BCUT2D eigenvalue weighted by Gasteiger charge is 2.20. The monoisotopic (exact) mass is 360 g/mol. The van der Waals surface area contributed by atoms with Crippen LogP contribution in [0.1, 0.15) is 31.5 Å². The predicted molar refractivity (Wildman–Crippen MR) is 102 cm³/mol. The van der Waals surface area contributed by atoms with Gasteiger partial charge in [0.1, 0.15) is 0 Å². The first-order valence-corrected chi connectivity index (χ1v) is 10.1. The van der Waals surface area contributed by atoms with Crippen LogP contribution < -0.4 is 0 Å². The SMILES string of the molecule is CC(C)Cn1cncc1CN1CCCN(C(=O)Cc2ccsc2)CC1. The number of aromatic nitrogens is 2. The second-order valence-electron chi connectivity index (χ2n) is 7.25. The fourth-order valence-electron chi connectivity index (χ4n) is 3.32. The van der Waals surface area contributed by atoms with Crippen molar-refractivity contribution in [3.8, 4) is 0 Å². The molecule has 2 aromatic rings. The predicted octanol–water partition coefficient (Wildman–Crippen LogP) is 2.88. The fourth-order valence-corrected chi connectivity index (χ4v) is 3.99. The highest BCUT2D eigenvalue weighted by Crippen LogP contribution is 2.13. The van der Waals surface area contributed by atoms with E-state index >= 15 is 0 Å². The van der Waals surface area contributed by atoms with Crippen molar-refractivity contribution in [2.45, 2.75) is 39.8 Å². The van der Waals surface area contributed by atoms with Crippen LogP contribution in [-0.4, -0.2) is 51.4 Å². The Morgan fingerprint density at radius 1 is 1.28 bits per heavy atom. The molecule has 0 atom stereocenters. The van der Waals surface area contributed by atoms with Crippen molar-refractivity contribution in [2.24, 2.45) is 5.92 Å². The molecule has 0 N–H and O–H groups in total. The molecule has 5 nitrogen and oxygen atoms in total. The first kappa shape index (κ1) is 18.1. The first-order chi connectivity index (χ1) is 12.1. The molecule has 0 aromatic carbocycles. The van der Waals surface area contributed by atoms with Crippen LogP contribution in [0.4, 0.5) is 0 Å². The van der Waals surface area contributed by atoms with Crippen LogP contribution in [0, 0.1) is 5.92 Å². The lowest BCUT2D eigenvalue weighted by Gasteiger charge is -2.22. The Morgan fingerprint density at radius 2 is 2.16 bits per heavy atom. The van der Waals surface area contributed by atoms with Crippen LogP contribution in [-0.2, 0) is 24.3 Å². The van der Waals surface area contributed by atoms with E-state index in [9.17, 15) is 4.79 Å². The number of thiophene rings is 1. The van der Waals surface area contributed by atoms with E-state index in [2.05, 4.69) is 33.7 Å². The van der Waals surface area contributed by atoms with E-state index in [1.54, 1.807) is 11.3 Å². The molecule has 1 fully saturated rings. The van der Waals surface area contributed by atoms with E-state index in [0.29, 0.717) is 12.3 Å². The Morgan fingerprint density at radius 3 is 2.92 bits per heavy atom. The topological polar surface area (TPSA) is 41.4 Å². The standard InChI is InChI=1S/C19H28N4OS/c1-16(2)12-23-15-20-11-18(23)13-21-5-3-6-22(8-7-21)19(24)10-17-4-9-25-14-17/h4,9,11,14-16H,3,5-8,10,12-13H2,1-2H3. The summed E-state index contributed by atoms with van der Waals surface area (Å²) in [4.78, 5) is 21.3. The zero-order valence-corrected chi connectivity index (χ0v) is 16.0. The van der Waals surface area contributed by atoms with Gasteiger partial charge in [0.05, 0.1) is 18.4 Å². The Bertz CT molecular complexity index is 665. The van der Waals surface area contributed by atoms with Gasteiger partial charge < -0.3 is 9.47 Å². The van der Waals surface area contributed by atoms with E-state index in [-0.39, 0.29) is 5.91 Å². The average molecular weight is 361 g/mol. The van der Waals surface area contributed by atoms with Gasteiger partial charge in [0.2, 0.25) is 5.91 Å². The minimum absolute atomic E-state index is 0.255. The molecule has 3 heterocycles. The lowest BCUT2D eigenvalue weighted by Crippen LogP contribution is -2.36. The van der Waals surface area contributed by atoms with Crippen LogP contribution >= 0.6 is 11.3 Å². The van der Waals surface area contributed by atoms with Crippen molar-refractivity contribution in [1.29, 1.82) is 0 Å². The molecule has 2 aromatic heterocycles. The molecule has 1 aliphatic rings. The summed E-state index contributed by atoms with van der Waals surface area (Å²) in [7, 11) is 0. The van der Waals surface area contributed by atoms with Gasteiger partial charge in [0.15, 0.2) is 0 Å². The molecular formula is C19H28N4OS. The number of rotatable bonds is 6. The summed E-state index contributed by atoms with van der Waals surface area (Å²) >= 11 is 1.65. The van der Waals surface area contributed by atoms with E-state index in [4.69, 9.17) is 0 Å². The van der Waals surface area contributed by atoms with Gasteiger partial charge in [-0.1, -0.05) is 13.8 Å². The number of imidazole rings is 1. The molecule has 0 unspecified atom stereocenters. The second kappa shape index (κ2) is 8.63. The van der Waals surface area contributed by atoms with Gasteiger partial charge in [0, 0.05) is 45.5 Å². The summed E-state index contributed by atoms with van der Waals surface area (Å²) in [5.41, 5.74) is 2.40. The normalized spacial score (nSPS) is 16.4. The maximum absolute atomic E-state index is 12.5. The molecule has 0 radical (unpaired) electrons. The molecule has 6 heteroatoms. The highest BCUT2D eigenvalue weighted by atomic mass is 32.1. The molecule has 0 aliphatic carbocycles. The highest BCUT2D eigenvalue weighted by molar-refractivity contribution is 7.07. The lowest BCUT2D eigenvalue weighted by molar-refractivity contribution is -0.130. The molecule has 0 bridgehead atoms. The minimum Gasteiger partial charge on any atom is -0.341 e. The molecule has 136 valence electrons. The van der Waals surface area contributed by atoms with Crippen molar-refractivity contribution in [3.63, 3.8) is 0 Å². The van der Waals surface area contributed by atoms with Crippen LogP contribution in [0.2, 0.25) is 0 Å². The Hall–Kier alpha value is -1.66. The summed E-state index contributed by atoms with van der Waals surface area (Å²) < 4.78 is 2.26. The third-order valence-electron chi connectivity index (χ3n) is 4.62. The Kier molecular flexibility index (Phi) is 6.26. The summed E-state index contributed by atoms with van der Waals surface area (Å²) in [6.45, 7) is 10.0. The zero-order valence-electron chi connectivity index (χ0n) is 15.2. The molecule has 3 rings (SSSR count). The van der Waals surface area contributed by atoms with Crippen molar-refractivity contribution in [2.75, 3.05) is 26.2 Å². The molecule has 25 heavy (non-hydrogen) atoms. The molecule has 0 saturated carbocycles. The third-order valence-corrected chi connectivity index (χ3v) is 5.35. The number of hydrogen-bond acceptors (Lipinski definition) is 4. The number of amides is 1. The molecule has 1 amide bonds. The Labute approximate surface area is 154 Å².